The number of hydrogen-bond acceptors (Lipinski definition) is 4. The summed E-state index contributed by atoms with van der Waals surface area (Å²) in [6.45, 7) is 2.12. The standard InChI is InChI=1S/C22H22N2O2/c1-2-26-22(25)18-13-14-20(19(23)15-18)24-21(16-9-5-3-6-10-16)17-11-7-4-8-12-17/h3-15,21,24H,2,23H2,1H3. The zero-order valence-electron chi connectivity index (χ0n) is 14.7. The van der Waals surface area contributed by atoms with Crippen molar-refractivity contribution in [2.75, 3.05) is 17.7 Å². The first kappa shape index (κ1) is 17.5. The van der Waals surface area contributed by atoms with E-state index in [2.05, 4.69) is 29.6 Å². The smallest absolute Gasteiger partial charge is 0.338 e. The second-order valence-electron chi connectivity index (χ2n) is 5.92. The first-order valence-corrected chi connectivity index (χ1v) is 8.62. The molecule has 0 saturated heterocycles. The molecule has 3 rings (SSSR count). The molecule has 0 spiro atoms. The average Bonchev–Trinajstić information content (AvgIpc) is 2.68. The molecule has 0 atom stereocenters. The third-order valence-electron chi connectivity index (χ3n) is 4.13. The van der Waals surface area contributed by atoms with Crippen LogP contribution in [0.2, 0.25) is 0 Å². The summed E-state index contributed by atoms with van der Waals surface area (Å²) in [6, 6.07) is 25.5. The fourth-order valence-electron chi connectivity index (χ4n) is 2.84. The molecular weight excluding hydrogens is 324 g/mol. The minimum Gasteiger partial charge on any atom is -0.462 e. The highest BCUT2D eigenvalue weighted by atomic mass is 16.5. The lowest BCUT2D eigenvalue weighted by molar-refractivity contribution is 0.0526. The Morgan fingerprint density at radius 3 is 2.04 bits per heavy atom. The number of benzene rings is 3. The van der Waals surface area contributed by atoms with Crippen molar-refractivity contribution < 1.29 is 9.53 Å². The van der Waals surface area contributed by atoms with Gasteiger partial charge in [-0.2, -0.15) is 0 Å². The number of anilines is 2. The molecule has 3 aromatic carbocycles. The Bertz CT molecular complexity index is 824. The van der Waals surface area contributed by atoms with E-state index in [1.54, 1.807) is 19.1 Å². The van der Waals surface area contributed by atoms with Crippen molar-refractivity contribution in [2.45, 2.75) is 13.0 Å². The average molecular weight is 346 g/mol. The molecule has 4 nitrogen and oxygen atoms in total. The van der Waals surface area contributed by atoms with Gasteiger partial charge in [-0.3, -0.25) is 0 Å². The summed E-state index contributed by atoms with van der Waals surface area (Å²) >= 11 is 0. The lowest BCUT2D eigenvalue weighted by atomic mass is 9.98. The molecule has 3 N–H and O–H groups in total. The fourth-order valence-corrected chi connectivity index (χ4v) is 2.84. The van der Waals surface area contributed by atoms with Crippen LogP contribution in [0.25, 0.3) is 0 Å². The number of carbonyl (C=O) groups is 1. The number of ether oxygens (including phenoxy) is 1. The van der Waals surface area contributed by atoms with E-state index in [1.165, 1.54) is 0 Å². The summed E-state index contributed by atoms with van der Waals surface area (Å²) in [5.74, 6) is -0.367. The molecule has 0 bridgehead atoms. The number of hydrogen-bond donors (Lipinski definition) is 2. The summed E-state index contributed by atoms with van der Waals surface area (Å²) < 4.78 is 5.03. The summed E-state index contributed by atoms with van der Waals surface area (Å²) in [5.41, 5.74) is 10.2. The van der Waals surface area contributed by atoms with Crippen LogP contribution in [0.15, 0.2) is 78.9 Å². The molecule has 3 aromatic rings. The summed E-state index contributed by atoms with van der Waals surface area (Å²) in [5, 5.41) is 3.50. The van der Waals surface area contributed by atoms with Crippen LogP contribution in [0.4, 0.5) is 11.4 Å². The zero-order chi connectivity index (χ0) is 18.4. The Morgan fingerprint density at radius 1 is 0.962 bits per heavy atom. The van der Waals surface area contributed by atoms with Gasteiger partial charge in [0.15, 0.2) is 0 Å². The Morgan fingerprint density at radius 2 is 1.54 bits per heavy atom. The van der Waals surface area contributed by atoms with Gasteiger partial charge in [-0.1, -0.05) is 60.7 Å². The summed E-state index contributed by atoms with van der Waals surface area (Å²) in [4.78, 5) is 11.9. The van der Waals surface area contributed by atoms with E-state index in [-0.39, 0.29) is 12.0 Å². The highest BCUT2D eigenvalue weighted by Gasteiger charge is 2.16. The lowest BCUT2D eigenvalue weighted by Gasteiger charge is -2.22. The minimum absolute atomic E-state index is 0.0480. The van der Waals surface area contributed by atoms with Gasteiger partial charge in [0.05, 0.1) is 29.6 Å². The maximum atomic E-state index is 11.9. The van der Waals surface area contributed by atoms with Crippen LogP contribution in [0.3, 0.4) is 0 Å². The van der Waals surface area contributed by atoms with Gasteiger partial charge in [0, 0.05) is 0 Å². The molecule has 0 aliphatic heterocycles. The van der Waals surface area contributed by atoms with Crippen molar-refractivity contribution in [2.24, 2.45) is 0 Å². The Labute approximate surface area is 153 Å². The van der Waals surface area contributed by atoms with Gasteiger partial charge < -0.3 is 15.8 Å². The quantitative estimate of drug-likeness (QED) is 0.504. The number of nitrogens with two attached hydrogens (primary N) is 1. The molecule has 0 aliphatic carbocycles. The van der Waals surface area contributed by atoms with E-state index in [0.717, 1.165) is 16.8 Å². The number of nitrogen functional groups attached to an aromatic ring is 1. The molecule has 0 fully saturated rings. The van der Waals surface area contributed by atoms with Crippen molar-refractivity contribution in [1.29, 1.82) is 0 Å². The Balaban J connectivity index is 1.91. The summed E-state index contributed by atoms with van der Waals surface area (Å²) in [6.07, 6.45) is 0. The molecule has 0 amide bonds. The highest BCUT2D eigenvalue weighted by Crippen LogP contribution is 2.30. The van der Waals surface area contributed by atoms with Gasteiger partial charge in [0.2, 0.25) is 0 Å². The van der Waals surface area contributed by atoms with Crippen molar-refractivity contribution in [1.82, 2.24) is 0 Å². The van der Waals surface area contributed by atoms with Crippen molar-refractivity contribution >= 4 is 17.3 Å². The second kappa shape index (κ2) is 8.21. The van der Waals surface area contributed by atoms with E-state index in [4.69, 9.17) is 10.5 Å². The zero-order valence-corrected chi connectivity index (χ0v) is 14.7. The predicted octanol–water partition coefficient (Wildman–Crippen LogP) is 4.65. The number of rotatable bonds is 6. The van der Waals surface area contributed by atoms with Crippen LogP contribution in [-0.4, -0.2) is 12.6 Å². The van der Waals surface area contributed by atoms with Crippen LogP contribution in [-0.2, 0) is 4.74 Å². The fraction of sp³-hybridized carbons (Fsp3) is 0.136. The van der Waals surface area contributed by atoms with Gasteiger partial charge in [-0.05, 0) is 36.2 Å². The van der Waals surface area contributed by atoms with Crippen LogP contribution in [0, 0.1) is 0 Å². The van der Waals surface area contributed by atoms with E-state index in [0.29, 0.717) is 17.9 Å². The molecule has 0 aromatic heterocycles. The van der Waals surface area contributed by atoms with E-state index in [9.17, 15) is 4.79 Å². The van der Waals surface area contributed by atoms with Crippen LogP contribution in [0.1, 0.15) is 34.5 Å². The first-order valence-electron chi connectivity index (χ1n) is 8.62. The van der Waals surface area contributed by atoms with Gasteiger partial charge in [-0.15, -0.1) is 0 Å². The van der Waals surface area contributed by atoms with Gasteiger partial charge in [0.1, 0.15) is 0 Å². The minimum atomic E-state index is -0.367. The van der Waals surface area contributed by atoms with Crippen molar-refractivity contribution in [3.8, 4) is 0 Å². The maximum absolute atomic E-state index is 11.9. The predicted molar refractivity (Wildman–Crippen MR) is 105 cm³/mol. The molecule has 26 heavy (non-hydrogen) atoms. The van der Waals surface area contributed by atoms with E-state index in [1.807, 2.05) is 42.5 Å². The third kappa shape index (κ3) is 4.03. The summed E-state index contributed by atoms with van der Waals surface area (Å²) in [7, 11) is 0. The number of nitrogens with one attached hydrogen (secondary N) is 1. The molecule has 132 valence electrons. The Hall–Kier alpha value is -3.27. The SMILES string of the molecule is CCOC(=O)c1ccc(NC(c2ccccc2)c2ccccc2)c(N)c1. The van der Waals surface area contributed by atoms with Crippen LogP contribution in [0.5, 0.6) is 0 Å². The number of esters is 1. The molecule has 4 heteroatoms. The van der Waals surface area contributed by atoms with Gasteiger partial charge >= 0.3 is 5.97 Å². The Kier molecular flexibility index (Phi) is 5.54. The van der Waals surface area contributed by atoms with Crippen LogP contribution < -0.4 is 11.1 Å². The normalized spacial score (nSPS) is 10.5. The monoisotopic (exact) mass is 346 g/mol. The van der Waals surface area contributed by atoms with Crippen LogP contribution >= 0.6 is 0 Å². The molecule has 0 aliphatic rings. The molecule has 0 saturated carbocycles. The van der Waals surface area contributed by atoms with Crippen molar-refractivity contribution in [3.63, 3.8) is 0 Å². The molecule has 0 heterocycles. The first-order chi connectivity index (χ1) is 12.7. The highest BCUT2D eigenvalue weighted by molar-refractivity contribution is 5.92. The molecular formula is C22H22N2O2. The van der Waals surface area contributed by atoms with E-state index >= 15 is 0 Å². The molecule has 0 radical (unpaired) electrons. The third-order valence-corrected chi connectivity index (χ3v) is 4.13. The van der Waals surface area contributed by atoms with Gasteiger partial charge in [0.25, 0.3) is 0 Å². The number of carbonyl (C=O) groups excluding carboxylic acids is 1. The largest absolute Gasteiger partial charge is 0.462 e. The lowest BCUT2D eigenvalue weighted by Crippen LogP contribution is -2.14. The second-order valence-corrected chi connectivity index (χ2v) is 5.92. The van der Waals surface area contributed by atoms with Gasteiger partial charge in [-0.25, -0.2) is 4.79 Å². The molecule has 0 unspecified atom stereocenters. The van der Waals surface area contributed by atoms with E-state index < -0.39 is 0 Å². The van der Waals surface area contributed by atoms with Crippen molar-refractivity contribution in [3.05, 3.63) is 95.6 Å². The topological polar surface area (TPSA) is 64.3 Å². The maximum Gasteiger partial charge on any atom is 0.338 e.